The lowest BCUT2D eigenvalue weighted by molar-refractivity contribution is 0.109. The minimum atomic E-state index is -0.958. The summed E-state index contributed by atoms with van der Waals surface area (Å²) in [5, 5.41) is 2.64. The molecule has 3 rings (SSSR count). The van der Waals surface area contributed by atoms with E-state index >= 15 is 0 Å². The number of anilines is 1. The van der Waals surface area contributed by atoms with Gasteiger partial charge in [0.15, 0.2) is 11.6 Å². The Morgan fingerprint density at radius 2 is 1.92 bits per heavy atom. The average Bonchev–Trinajstić information content (AvgIpc) is 2.59. The van der Waals surface area contributed by atoms with Crippen LogP contribution in [0.2, 0.25) is 0 Å². The number of hydrogen-bond donors (Lipinski definition) is 1. The van der Waals surface area contributed by atoms with Crippen molar-refractivity contribution in [2.45, 2.75) is 12.8 Å². The summed E-state index contributed by atoms with van der Waals surface area (Å²) in [6.07, 6.45) is 2.54. The lowest BCUT2D eigenvalue weighted by Crippen LogP contribution is -2.51. The fraction of sp³-hybridized carbons (Fsp3) is 0.611. The van der Waals surface area contributed by atoms with Crippen molar-refractivity contribution in [1.29, 1.82) is 0 Å². The molecule has 1 N–H and O–H groups in total. The van der Waals surface area contributed by atoms with Crippen LogP contribution in [-0.4, -0.2) is 73.6 Å². The molecule has 2 saturated heterocycles. The van der Waals surface area contributed by atoms with Gasteiger partial charge in [-0.3, -0.25) is 4.90 Å². The zero-order valence-electron chi connectivity index (χ0n) is 14.7. The first-order valence-electron chi connectivity index (χ1n) is 8.93. The van der Waals surface area contributed by atoms with Crippen LogP contribution in [0.4, 0.5) is 19.3 Å². The van der Waals surface area contributed by atoms with Gasteiger partial charge in [-0.25, -0.2) is 13.6 Å². The molecule has 0 aliphatic carbocycles. The smallest absolute Gasteiger partial charge is 0.321 e. The number of likely N-dealkylation sites (tertiary alicyclic amines) is 1. The van der Waals surface area contributed by atoms with Crippen molar-refractivity contribution in [2.24, 2.45) is 5.92 Å². The monoisotopic (exact) mass is 352 g/mol. The molecule has 0 bridgehead atoms. The zero-order chi connectivity index (χ0) is 17.8. The standard InChI is InChI=1S/C18H26F2N4O/c1-22-6-2-3-14(12-22)13-23-7-9-24(10-8-23)18(25)21-15-4-5-16(19)17(20)11-15/h4-5,11,14H,2-3,6-10,12-13H2,1H3,(H,21,25). The Kier molecular flexibility index (Phi) is 5.86. The number of nitrogens with one attached hydrogen (secondary N) is 1. The summed E-state index contributed by atoms with van der Waals surface area (Å²) >= 11 is 0. The summed E-state index contributed by atoms with van der Waals surface area (Å²) in [5.41, 5.74) is 0.275. The molecule has 2 aliphatic rings. The molecule has 1 unspecified atom stereocenters. The van der Waals surface area contributed by atoms with Crippen LogP contribution in [0.3, 0.4) is 0 Å². The Bertz CT molecular complexity index is 605. The molecule has 2 amide bonds. The van der Waals surface area contributed by atoms with E-state index < -0.39 is 11.6 Å². The van der Waals surface area contributed by atoms with E-state index in [1.807, 2.05) is 0 Å². The minimum Gasteiger partial charge on any atom is -0.322 e. The highest BCUT2D eigenvalue weighted by molar-refractivity contribution is 5.89. The number of piperidine rings is 1. The molecule has 0 saturated carbocycles. The highest BCUT2D eigenvalue weighted by Gasteiger charge is 2.25. The summed E-state index contributed by atoms with van der Waals surface area (Å²) in [6, 6.07) is 3.13. The van der Waals surface area contributed by atoms with Gasteiger partial charge in [-0.1, -0.05) is 0 Å². The van der Waals surface area contributed by atoms with Crippen LogP contribution in [0.25, 0.3) is 0 Å². The molecule has 0 aromatic heterocycles. The average molecular weight is 352 g/mol. The molecule has 25 heavy (non-hydrogen) atoms. The summed E-state index contributed by atoms with van der Waals surface area (Å²) in [5.74, 6) is -1.17. The summed E-state index contributed by atoms with van der Waals surface area (Å²) in [7, 11) is 2.17. The van der Waals surface area contributed by atoms with Gasteiger partial charge in [0.1, 0.15) is 0 Å². The summed E-state index contributed by atoms with van der Waals surface area (Å²) in [6.45, 7) is 6.43. The van der Waals surface area contributed by atoms with E-state index in [0.29, 0.717) is 19.0 Å². The van der Waals surface area contributed by atoms with Crippen LogP contribution < -0.4 is 5.32 Å². The number of nitrogens with zero attached hydrogens (tertiary/aromatic N) is 3. The molecule has 1 aromatic carbocycles. The number of carbonyl (C=O) groups is 1. The third kappa shape index (κ3) is 4.89. The van der Waals surface area contributed by atoms with E-state index in [-0.39, 0.29) is 11.7 Å². The first-order valence-corrected chi connectivity index (χ1v) is 8.93. The van der Waals surface area contributed by atoms with E-state index in [4.69, 9.17) is 0 Å². The van der Waals surface area contributed by atoms with Gasteiger partial charge in [0, 0.05) is 51.0 Å². The number of rotatable bonds is 3. The Balaban J connectivity index is 1.45. The van der Waals surface area contributed by atoms with Crippen LogP contribution in [-0.2, 0) is 0 Å². The largest absolute Gasteiger partial charge is 0.322 e. The molecule has 2 aliphatic heterocycles. The van der Waals surface area contributed by atoms with Crippen molar-refractivity contribution >= 4 is 11.7 Å². The molecular weight excluding hydrogens is 326 g/mol. The SMILES string of the molecule is CN1CCCC(CN2CCN(C(=O)Nc3ccc(F)c(F)c3)CC2)C1. The fourth-order valence-corrected chi connectivity index (χ4v) is 3.70. The third-order valence-electron chi connectivity index (χ3n) is 5.07. The number of amides is 2. The van der Waals surface area contributed by atoms with Crippen molar-refractivity contribution in [3.05, 3.63) is 29.8 Å². The van der Waals surface area contributed by atoms with E-state index in [9.17, 15) is 13.6 Å². The number of carbonyl (C=O) groups excluding carboxylic acids is 1. The molecule has 0 radical (unpaired) electrons. The first kappa shape index (κ1) is 18.1. The predicted molar refractivity (Wildman–Crippen MR) is 93.6 cm³/mol. The Morgan fingerprint density at radius 3 is 2.60 bits per heavy atom. The van der Waals surface area contributed by atoms with Crippen LogP contribution in [0, 0.1) is 17.6 Å². The van der Waals surface area contributed by atoms with Crippen LogP contribution in [0.15, 0.2) is 18.2 Å². The number of hydrogen-bond acceptors (Lipinski definition) is 3. The van der Waals surface area contributed by atoms with Gasteiger partial charge in [-0.15, -0.1) is 0 Å². The minimum absolute atomic E-state index is 0.261. The molecule has 138 valence electrons. The molecular formula is C18H26F2N4O. The number of benzene rings is 1. The Labute approximate surface area is 147 Å². The molecule has 0 spiro atoms. The lowest BCUT2D eigenvalue weighted by atomic mass is 9.97. The van der Waals surface area contributed by atoms with Crippen molar-refractivity contribution in [2.75, 3.05) is 58.2 Å². The van der Waals surface area contributed by atoms with Crippen LogP contribution in [0.5, 0.6) is 0 Å². The van der Waals surface area contributed by atoms with Crippen molar-refractivity contribution < 1.29 is 13.6 Å². The fourth-order valence-electron chi connectivity index (χ4n) is 3.70. The Hall–Kier alpha value is -1.73. The van der Waals surface area contributed by atoms with Gasteiger partial charge in [0.05, 0.1) is 0 Å². The lowest BCUT2D eigenvalue weighted by Gasteiger charge is -2.38. The van der Waals surface area contributed by atoms with Crippen molar-refractivity contribution in [3.8, 4) is 0 Å². The van der Waals surface area contributed by atoms with Crippen molar-refractivity contribution in [1.82, 2.24) is 14.7 Å². The molecule has 1 aromatic rings. The number of halogens is 2. The van der Waals surface area contributed by atoms with Crippen molar-refractivity contribution in [3.63, 3.8) is 0 Å². The normalized spacial score (nSPS) is 22.8. The van der Waals surface area contributed by atoms with Gasteiger partial charge in [0.25, 0.3) is 0 Å². The second kappa shape index (κ2) is 8.10. The quantitative estimate of drug-likeness (QED) is 0.908. The maximum atomic E-state index is 13.2. The van der Waals surface area contributed by atoms with Crippen LogP contribution >= 0.6 is 0 Å². The number of urea groups is 1. The third-order valence-corrected chi connectivity index (χ3v) is 5.07. The highest BCUT2D eigenvalue weighted by Crippen LogP contribution is 2.18. The number of piperazine rings is 1. The summed E-state index contributed by atoms with van der Waals surface area (Å²) < 4.78 is 26.2. The van der Waals surface area contributed by atoms with Gasteiger partial charge in [-0.2, -0.15) is 0 Å². The van der Waals surface area contributed by atoms with E-state index in [2.05, 4.69) is 22.2 Å². The van der Waals surface area contributed by atoms with E-state index in [1.54, 1.807) is 4.90 Å². The van der Waals surface area contributed by atoms with Gasteiger partial charge in [-0.05, 0) is 44.5 Å². The molecule has 1 atom stereocenters. The van der Waals surface area contributed by atoms with Gasteiger partial charge in [0.2, 0.25) is 0 Å². The second-order valence-corrected chi connectivity index (χ2v) is 7.12. The van der Waals surface area contributed by atoms with E-state index in [1.165, 1.54) is 25.5 Å². The highest BCUT2D eigenvalue weighted by atomic mass is 19.2. The molecule has 2 fully saturated rings. The van der Waals surface area contributed by atoms with Crippen LogP contribution in [0.1, 0.15) is 12.8 Å². The molecule has 2 heterocycles. The predicted octanol–water partition coefficient (Wildman–Crippen LogP) is 2.46. The molecule has 5 nitrogen and oxygen atoms in total. The maximum Gasteiger partial charge on any atom is 0.321 e. The maximum absolute atomic E-state index is 13.2. The molecule has 7 heteroatoms. The zero-order valence-corrected chi connectivity index (χ0v) is 14.7. The Morgan fingerprint density at radius 1 is 1.16 bits per heavy atom. The topological polar surface area (TPSA) is 38.8 Å². The van der Waals surface area contributed by atoms with E-state index in [0.717, 1.165) is 38.3 Å². The summed E-state index contributed by atoms with van der Waals surface area (Å²) in [4.78, 5) is 18.8. The second-order valence-electron chi connectivity index (χ2n) is 7.12. The van der Waals surface area contributed by atoms with Gasteiger partial charge >= 0.3 is 6.03 Å². The van der Waals surface area contributed by atoms with Gasteiger partial charge < -0.3 is 15.1 Å². The first-order chi connectivity index (χ1) is 12.0.